The topological polar surface area (TPSA) is 49.0 Å². The fourth-order valence-corrected chi connectivity index (χ4v) is 0.436. The summed E-state index contributed by atoms with van der Waals surface area (Å²) in [5.74, 6) is 0. The second kappa shape index (κ2) is 9.80. The van der Waals surface area contributed by atoms with E-state index >= 15 is 0 Å². The third kappa shape index (κ3) is 9.80. The van der Waals surface area contributed by atoms with Crippen molar-refractivity contribution in [2.75, 3.05) is 41.3 Å². The van der Waals surface area contributed by atoms with Crippen LogP contribution in [0.4, 0.5) is 0 Å². The predicted molar refractivity (Wildman–Crippen MR) is 38.8 cm³/mol. The first-order valence-corrected chi connectivity index (χ1v) is 3.26. The van der Waals surface area contributed by atoms with Gasteiger partial charge in [-0.1, -0.05) is 0 Å². The SMILES string of the molecule is COCOCNCOCOC. The standard InChI is InChI=1S/C6H15NO4/c1-8-5-10-3-7-4-11-6-9-2/h7H,3-6H2,1-2H3. The van der Waals surface area contributed by atoms with Gasteiger partial charge in [-0.2, -0.15) is 0 Å². The average molecular weight is 165 g/mol. The molecule has 0 aromatic heterocycles. The predicted octanol–water partition coefficient (Wildman–Crippen LogP) is -0.268. The molecule has 0 heterocycles. The van der Waals surface area contributed by atoms with Crippen LogP contribution in [0.5, 0.6) is 0 Å². The molecular formula is C6H15NO4. The number of hydrogen-bond acceptors (Lipinski definition) is 5. The monoisotopic (exact) mass is 165 g/mol. The van der Waals surface area contributed by atoms with Gasteiger partial charge in [0.2, 0.25) is 0 Å². The molecule has 0 aliphatic carbocycles. The van der Waals surface area contributed by atoms with Crippen molar-refractivity contribution in [2.45, 2.75) is 0 Å². The van der Waals surface area contributed by atoms with E-state index in [9.17, 15) is 0 Å². The smallest absolute Gasteiger partial charge is 0.148 e. The number of nitrogens with one attached hydrogen (secondary N) is 1. The maximum Gasteiger partial charge on any atom is 0.148 e. The molecule has 0 unspecified atom stereocenters. The Bertz CT molecular complexity index is 63.6. The maximum absolute atomic E-state index is 4.91. The van der Waals surface area contributed by atoms with Gasteiger partial charge in [0, 0.05) is 14.2 Å². The third-order valence-corrected chi connectivity index (χ3v) is 0.811. The molecule has 0 aromatic carbocycles. The van der Waals surface area contributed by atoms with E-state index in [4.69, 9.17) is 9.47 Å². The van der Waals surface area contributed by atoms with Crippen LogP contribution in [-0.4, -0.2) is 41.3 Å². The zero-order valence-corrected chi connectivity index (χ0v) is 6.96. The van der Waals surface area contributed by atoms with Crippen LogP contribution in [0.3, 0.4) is 0 Å². The summed E-state index contributed by atoms with van der Waals surface area (Å²) in [4.78, 5) is 0. The minimum absolute atomic E-state index is 0.289. The van der Waals surface area contributed by atoms with Gasteiger partial charge in [0.25, 0.3) is 0 Å². The minimum Gasteiger partial charge on any atom is -0.359 e. The van der Waals surface area contributed by atoms with Crippen LogP contribution in [0.25, 0.3) is 0 Å². The van der Waals surface area contributed by atoms with Gasteiger partial charge in [-0.25, -0.2) is 0 Å². The first-order chi connectivity index (χ1) is 5.41. The molecule has 0 fully saturated rings. The number of rotatable bonds is 8. The van der Waals surface area contributed by atoms with E-state index in [-0.39, 0.29) is 13.6 Å². The molecule has 0 rings (SSSR count). The molecule has 0 amide bonds. The zero-order chi connectivity index (χ0) is 8.36. The molecule has 5 nitrogen and oxygen atoms in total. The third-order valence-electron chi connectivity index (χ3n) is 0.811. The molecule has 68 valence electrons. The highest BCUT2D eigenvalue weighted by molar-refractivity contribution is 4.21. The van der Waals surface area contributed by atoms with E-state index in [1.807, 2.05) is 0 Å². The Hall–Kier alpha value is -0.200. The van der Waals surface area contributed by atoms with Crippen molar-refractivity contribution in [3.05, 3.63) is 0 Å². The highest BCUT2D eigenvalue weighted by atomic mass is 16.7. The van der Waals surface area contributed by atoms with Gasteiger partial charge in [-0.3, -0.25) is 5.32 Å². The van der Waals surface area contributed by atoms with Crippen LogP contribution in [0.1, 0.15) is 0 Å². The molecule has 0 saturated carbocycles. The summed E-state index contributed by atoms with van der Waals surface area (Å²) >= 11 is 0. The Labute approximate surface area is 66.6 Å². The van der Waals surface area contributed by atoms with E-state index in [0.717, 1.165) is 0 Å². The lowest BCUT2D eigenvalue weighted by molar-refractivity contribution is -0.0682. The molecular weight excluding hydrogens is 150 g/mol. The van der Waals surface area contributed by atoms with Gasteiger partial charge < -0.3 is 18.9 Å². The van der Waals surface area contributed by atoms with Crippen molar-refractivity contribution in [2.24, 2.45) is 0 Å². The summed E-state index contributed by atoms with van der Waals surface area (Å²) in [6.07, 6.45) is 0. The van der Waals surface area contributed by atoms with Crippen LogP contribution in [-0.2, 0) is 18.9 Å². The molecule has 0 aliphatic rings. The van der Waals surface area contributed by atoms with Gasteiger partial charge in [0.1, 0.15) is 27.0 Å². The molecule has 0 saturated heterocycles. The lowest BCUT2D eigenvalue weighted by Gasteiger charge is -2.05. The fourth-order valence-electron chi connectivity index (χ4n) is 0.436. The average Bonchev–Trinajstić information content (AvgIpc) is 2.03. The van der Waals surface area contributed by atoms with Crippen LogP contribution < -0.4 is 5.32 Å². The number of methoxy groups -OCH3 is 2. The van der Waals surface area contributed by atoms with Crippen molar-refractivity contribution in [3.63, 3.8) is 0 Å². The number of ether oxygens (including phenoxy) is 4. The molecule has 0 spiro atoms. The molecule has 0 atom stereocenters. The number of hydrogen-bond donors (Lipinski definition) is 1. The normalized spacial score (nSPS) is 10.4. The molecule has 0 bridgehead atoms. The van der Waals surface area contributed by atoms with Gasteiger partial charge in [-0.15, -0.1) is 0 Å². The lowest BCUT2D eigenvalue weighted by Crippen LogP contribution is -2.22. The molecule has 11 heavy (non-hydrogen) atoms. The molecule has 5 heteroatoms. The maximum atomic E-state index is 4.91. The first-order valence-electron chi connectivity index (χ1n) is 3.26. The Kier molecular flexibility index (Phi) is 9.62. The quantitative estimate of drug-likeness (QED) is 0.396. The van der Waals surface area contributed by atoms with Crippen LogP contribution in [0, 0.1) is 0 Å². The Morgan fingerprint density at radius 2 is 1.36 bits per heavy atom. The fraction of sp³-hybridized carbons (Fsp3) is 1.00. The van der Waals surface area contributed by atoms with Gasteiger partial charge in [-0.05, 0) is 0 Å². The molecule has 0 radical (unpaired) electrons. The highest BCUT2D eigenvalue weighted by Crippen LogP contribution is 1.73. The summed E-state index contributed by atoms with van der Waals surface area (Å²) < 4.78 is 19.1. The zero-order valence-electron chi connectivity index (χ0n) is 6.96. The van der Waals surface area contributed by atoms with Gasteiger partial charge in [0.15, 0.2) is 0 Å². The van der Waals surface area contributed by atoms with E-state index < -0.39 is 0 Å². The van der Waals surface area contributed by atoms with Crippen molar-refractivity contribution in [1.29, 1.82) is 0 Å². The van der Waals surface area contributed by atoms with Crippen LogP contribution in [0.15, 0.2) is 0 Å². The van der Waals surface area contributed by atoms with Crippen molar-refractivity contribution < 1.29 is 18.9 Å². The van der Waals surface area contributed by atoms with Crippen molar-refractivity contribution >= 4 is 0 Å². The van der Waals surface area contributed by atoms with Crippen LogP contribution >= 0.6 is 0 Å². The van der Waals surface area contributed by atoms with E-state index in [1.54, 1.807) is 14.2 Å². The summed E-state index contributed by atoms with van der Waals surface area (Å²) in [7, 11) is 3.14. The molecule has 0 aliphatic heterocycles. The summed E-state index contributed by atoms with van der Waals surface area (Å²) in [5, 5.41) is 2.85. The molecule has 0 aromatic rings. The van der Waals surface area contributed by atoms with Gasteiger partial charge in [0.05, 0.1) is 0 Å². The van der Waals surface area contributed by atoms with E-state index in [1.165, 1.54) is 0 Å². The van der Waals surface area contributed by atoms with Gasteiger partial charge >= 0.3 is 0 Å². The first kappa shape index (κ1) is 10.8. The van der Waals surface area contributed by atoms with Crippen molar-refractivity contribution in [3.8, 4) is 0 Å². The van der Waals surface area contributed by atoms with E-state index in [0.29, 0.717) is 13.5 Å². The highest BCUT2D eigenvalue weighted by Gasteiger charge is 1.85. The largest absolute Gasteiger partial charge is 0.359 e. The lowest BCUT2D eigenvalue weighted by atomic mass is 11.1. The second-order valence-electron chi connectivity index (χ2n) is 1.76. The molecule has 1 N–H and O–H groups in total. The summed E-state index contributed by atoms with van der Waals surface area (Å²) in [5.41, 5.74) is 0. The van der Waals surface area contributed by atoms with E-state index in [2.05, 4.69) is 14.8 Å². The Morgan fingerprint density at radius 3 is 1.73 bits per heavy atom. The Balaban J connectivity index is 2.69. The minimum atomic E-state index is 0.289. The summed E-state index contributed by atoms with van der Waals surface area (Å²) in [6.45, 7) is 1.41. The van der Waals surface area contributed by atoms with Crippen LogP contribution in [0.2, 0.25) is 0 Å². The second-order valence-corrected chi connectivity index (χ2v) is 1.76. The summed E-state index contributed by atoms with van der Waals surface area (Å²) in [6, 6.07) is 0. The van der Waals surface area contributed by atoms with Crippen molar-refractivity contribution in [1.82, 2.24) is 5.32 Å². The Morgan fingerprint density at radius 1 is 0.909 bits per heavy atom.